The zero-order valence-corrected chi connectivity index (χ0v) is 24.3. The fraction of sp³-hybridized carbons (Fsp3) is 0.344. The lowest BCUT2D eigenvalue weighted by atomic mass is 9.93. The zero-order chi connectivity index (χ0) is 29.8. The van der Waals surface area contributed by atoms with Gasteiger partial charge in [0.15, 0.2) is 5.76 Å². The van der Waals surface area contributed by atoms with Crippen molar-refractivity contribution in [1.29, 1.82) is 0 Å². The quantitative estimate of drug-likeness (QED) is 0.239. The molecule has 1 atom stereocenters. The van der Waals surface area contributed by atoms with Gasteiger partial charge in [0.25, 0.3) is 0 Å². The Balaban J connectivity index is 1.14. The summed E-state index contributed by atoms with van der Waals surface area (Å²) in [5, 5.41) is 33.1. The second-order valence-corrected chi connectivity index (χ2v) is 11.8. The molecule has 1 unspecified atom stereocenters. The number of para-hydroxylation sites is 1. The SMILES string of the molecule is Cc1cc(-c2cc(C(C(=O)O)C(C)C)on2)cnc1N1CCN(c2cc3nnc(-c4ccccc4O)cc3n2C2CC2)C1. The van der Waals surface area contributed by atoms with Crippen LogP contribution in [0.5, 0.6) is 5.75 Å². The van der Waals surface area contributed by atoms with Gasteiger partial charge in [-0.05, 0) is 55.5 Å². The van der Waals surface area contributed by atoms with Crippen LogP contribution < -0.4 is 9.80 Å². The van der Waals surface area contributed by atoms with E-state index in [9.17, 15) is 15.0 Å². The fourth-order valence-electron chi connectivity index (χ4n) is 6.08. The van der Waals surface area contributed by atoms with Crippen LogP contribution in [0.15, 0.2) is 59.3 Å². The van der Waals surface area contributed by atoms with E-state index >= 15 is 0 Å². The largest absolute Gasteiger partial charge is 0.507 e. The van der Waals surface area contributed by atoms with Gasteiger partial charge in [-0.2, -0.15) is 0 Å². The third kappa shape index (κ3) is 4.84. The predicted molar refractivity (Wildman–Crippen MR) is 162 cm³/mol. The zero-order valence-electron chi connectivity index (χ0n) is 24.3. The molecule has 0 amide bonds. The molecule has 11 nitrogen and oxygen atoms in total. The molecule has 220 valence electrons. The van der Waals surface area contributed by atoms with Gasteiger partial charge in [0.05, 0.1) is 17.9 Å². The number of pyridine rings is 1. The molecule has 7 rings (SSSR count). The highest BCUT2D eigenvalue weighted by Crippen LogP contribution is 2.43. The number of hydrogen-bond donors (Lipinski definition) is 2. The Labute approximate surface area is 248 Å². The summed E-state index contributed by atoms with van der Waals surface area (Å²) in [6, 6.07) is 15.5. The van der Waals surface area contributed by atoms with Crippen LogP contribution in [0.4, 0.5) is 11.6 Å². The molecule has 2 fully saturated rings. The smallest absolute Gasteiger partial charge is 0.314 e. The van der Waals surface area contributed by atoms with Gasteiger partial charge in [-0.3, -0.25) is 4.79 Å². The first-order chi connectivity index (χ1) is 20.8. The molecule has 5 heterocycles. The summed E-state index contributed by atoms with van der Waals surface area (Å²) >= 11 is 0. The molecule has 0 radical (unpaired) electrons. The molecular formula is C32H33N7O4. The van der Waals surface area contributed by atoms with Gasteiger partial charge < -0.3 is 29.1 Å². The molecule has 0 bridgehead atoms. The molecule has 1 aliphatic carbocycles. The van der Waals surface area contributed by atoms with E-state index in [2.05, 4.69) is 35.8 Å². The third-order valence-corrected chi connectivity index (χ3v) is 8.38. The van der Waals surface area contributed by atoms with Crippen molar-refractivity contribution in [3.05, 3.63) is 66.1 Å². The number of fused-ring (bicyclic) bond motifs is 1. The fourth-order valence-corrected chi connectivity index (χ4v) is 6.08. The van der Waals surface area contributed by atoms with Gasteiger partial charge in [-0.15, -0.1) is 10.2 Å². The maximum absolute atomic E-state index is 11.7. The number of carboxylic acid groups (broad SMARTS) is 1. The Bertz CT molecular complexity index is 1840. The van der Waals surface area contributed by atoms with Crippen LogP contribution >= 0.6 is 0 Å². The average molecular weight is 580 g/mol. The minimum atomic E-state index is -0.926. The molecule has 5 aromatic rings. The summed E-state index contributed by atoms with van der Waals surface area (Å²) in [4.78, 5) is 21.2. The van der Waals surface area contributed by atoms with Crippen LogP contribution in [-0.2, 0) is 4.79 Å². The van der Waals surface area contributed by atoms with E-state index in [1.807, 2.05) is 45.0 Å². The number of aromatic hydroxyl groups is 1. The lowest BCUT2D eigenvalue weighted by Gasteiger charge is -2.23. The van der Waals surface area contributed by atoms with E-state index in [1.165, 1.54) is 0 Å². The third-order valence-electron chi connectivity index (χ3n) is 8.38. The Kier molecular flexibility index (Phi) is 6.52. The number of hydrogen-bond acceptors (Lipinski definition) is 9. The van der Waals surface area contributed by atoms with E-state index in [-0.39, 0.29) is 11.7 Å². The van der Waals surface area contributed by atoms with Crippen molar-refractivity contribution in [1.82, 2.24) is 24.9 Å². The summed E-state index contributed by atoms with van der Waals surface area (Å²) < 4.78 is 7.81. The summed E-state index contributed by atoms with van der Waals surface area (Å²) in [5.41, 5.74) is 5.55. The van der Waals surface area contributed by atoms with Crippen molar-refractivity contribution in [3.63, 3.8) is 0 Å². The van der Waals surface area contributed by atoms with Crippen LogP contribution in [0, 0.1) is 12.8 Å². The highest BCUT2D eigenvalue weighted by Gasteiger charge is 2.33. The summed E-state index contributed by atoms with van der Waals surface area (Å²) in [5.74, 6) is 0.752. The van der Waals surface area contributed by atoms with Crippen molar-refractivity contribution < 1.29 is 19.5 Å². The van der Waals surface area contributed by atoms with Gasteiger partial charge >= 0.3 is 5.97 Å². The molecule has 1 aromatic carbocycles. The van der Waals surface area contributed by atoms with Gasteiger partial charge in [0.2, 0.25) is 0 Å². The van der Waals surface area contributed by atoms with Crippen LogP contribution in [0.2, 0.25) is 0 Å². The van der Waals surface area contributed by atoms with E-state index in [4.69, 9.17) is 9.51 Å². The van der Waals surface area contributed by atoms with Gasteiger partial charge in [0, 0.05) is 48.6 Å². The summed E-state index contributed by atoms with van der Waals surface area (Å²) in [6.45, 7) is 8.07. The number of carboxylic acids is 1. The van der Waals surface area contributed by atoms with Crippen LogP contribution in [0.3, 0.4) is 0 Å². The Hall–Kier alpha value is -4.93. The molecule has 0 spiro atoms. The Morgan fingerprint density at radius 3 is 2.53 bits per heavy atom. The average Bonchev–Trinajstić information content (AvgIpc) is 3.35. The highest BCUT2D eigenvalue weighted by molar-refractivity contribution is 5.85. The van der Waals surface area contributed by atoms with E-state index in [1.54, 1.807) is 24.4 Å². The summed E-state index contributed by atoms with van der Waals surface area (Å²) in [6.07, 6.45) is 4.02. The van der Waals surface area contributed by atoms with Gasteiger partial charge in [-0.1, -0.05) is 31.1 Å². The minimum Gasteiger partial charge on any atom is -0.507 e. The van der Waals surface area contributed by atoms with Crippen LogP contribution in [0.25, 0.3) is 33.5 Å². The predicted octanol–water partition coefficient (Wildman–Crippen LogP) is 5.61. The molecule has 2 N–H and O–H groups in total. The van der Waals surface area contributed by atoms with Gasteiger partial charge in [-0.25, -0.2) is 4.98 Å². The number of rotatable bonds is 8. The molecule has 43 heavy (non-hydrogen) atoms. The van der Waals surface area contributed by atoms with Crippen molar-refractivity contribution in [2.75, 3.05) is 29.6 Å². The summed E-state index contributed by atoms with van der Waals surface area (Å²) in [7, 11) is 0. The maximum Gasteiger partial charge on any atom is 0.314 e. The van der Waals surface area contributed by atoms with E-state index < -0.39 is 11.9 Å². The number of phenols is 1. The second kappa shape index (κ2) is 10.4. The van der Waals surface area contributed by atoms with Crippen LogP contribution in [-0.4, -0.2) is 60.8 Å². The lowest BCUT2D eigenvalue weighted by Crippen LogP contribution is -2.27. The monoisotopic (exact) mass is 579 g/mol. The topological polar surface area (TPSA) is 134 Å². The molecule has 2 aliphatic rings. The molecule has 4 aromatic heterocycles. The number of anilines is 2. The number of aryl methyl sites for hydroxylation is 1. The molecule has 1 saturated carbocycles. The van der Waals surface area contributed by atoms with Crippen LogP contribution in [0.1, 0.15) is 50.0 Å². The normalized spacial score (nSPS) is 16.0. The Morgan fingerprint density at radius 1 is 1.02 bits per heavy atom. The molecular weight excluding hydrogens is 546 g/mol. The molecule has 1 saturated heterocycles. The minimum absolute atomic E-state index is 0.122. The molecule has 1 aliphatic heterocycles. The number of aliphatic carboxylic acids is 1. The maximum atomic E-state index is 11.7. The lowest BCUT2D eigenvalue weighted by molar-refractivity contribution is -0.140. The van der Waals surface area contributed by atoms with Crippen molar-refractivity contribution in [3.8, 4) is 28.3 Å². The highest BCUT2D eigenvalue weighted by atomic mass is 16.5. The number of nitrogens with zero attached hydrogens (tertiary/aromatic N) is 7. The van der Waals surface area contributed by atoms with Crippen molar-refractivity contribution in [2.45, 2.75) is 45.6 Å². The first kappa shape index (κ1) is 26.9. The van der Waals surface area contributed by atoms with E-state index in [0.717, 1.165) is 59.7 Å². The number of phenolic OH excluding ortho intramolecular Hbond substituents is 1. The second-order valence-electron chi connectivity index (χ2n) is 11.8. The Morgan fingerprint density at radius 2 is 1.81 bits per heavy atom. The van der Waals surface area contributed by atoms with Crippen molar-refractivity contribution >= 4 is 28.6 Å². The first-order valence-electron chi connectivity index (χ1n) is 14.6. The molecule has 11 heteroatoms. The first-order valence-corrected chi connectivity index (χ1v) is 14.6. The van der Waals surface area contributed by atoms with Crippen molar-refractivity contribution in [2.24, 2.45) is 5.92 Å². The number of benzene rings is 1. The number of carbonyl (C=O) groups is 1. The number of aromatic nitrogens is 5. The van der Waals surface area contributed by atoms with E-state index in [0.29, 0.717) is 35.4 Å². The van der Waals surface area contributed by atoms with Gasteiger partial charge in [0.1, 0.15) is 34.5 Å². The standard InChI is InChI=1S/C32H33N7O4/c1-18(2)30(32(41)42)28-14-23(36-43-28)20-12-19(3)31(33-16-20)38-11-10-37(17-38)29-15-25-26(39(29)21-8-9-21)13-24(34-35-25)22-6-4-5-7-27(22)40/h4-7,12-16,18,21,30,40H,8-11,17H2,1-3H3,(H,41,42).